The molecule has 0 saturated heterocycles. The number of aryl methyl sites for hydroxylation is 1. The van der Waals surface area contributed by atoms with E-state index in [1.807, 2.05) is 0 Å². The molecule has 0 aliphatic heterocycles. The average Bonchev–Trinajstić information content (AvgIpc) is 2.68. The lowest BCUT2D eigenvalue weighted by Gasteiger charge is -2.11. The highest BCUT2D eigenvalue weighted by molar-refractivity contribution is 5.97. The van der Waals surface area contributed by atoms with Gasteiger partial charge in [0.25, 0.3) is 5.91 Å². The molecule has 1 aromatic heterocycles. The van der Waals surface area contributed by atoms with E-state index in [0.29, 0.717) is 17.0 Å². The van der Waals surface area contributed by atoms with Crippen LogP contribution in [0, 0.1) is 5.82 Å². The van der Waals surface area contributed by atoms with Crippen LogP contribution >= 0.6 is 0 Å². The second-order valence-corrected chi connectivity index (χ2v) is 6.02. The van der Waals surface area contributed by atoms with E-state index in [1.54, 1.807) is 29.8 Å². The third-order valence-electron chi connectivity index (χ3n) is 4.30. The standard InChI is InChI=1S/C20H19FN2O4/c1-23-11-15(19(24)14-9-13(21)5-6-16(14)23)20(25)22-10-12-4-7-17(26-2)18(8-12)27-3/h4-9,11H,10H2,1-3H3,(H,22,25). The summed E-state index contributed by atoms with van der Waals surface area (Å²) in [5, 5.41) is 2.87. The third kappa shape index (κ3) is 3.62. The van der Waals surface area contributed by atoms with Gasteiger partial charge in [-0.3, -0.25) is 9.59 Å². The normalized spacial score (nSPS) is 10.7. The topological polar surface area (TPSA) is 69.6 Å². The minimum atomic E-state index is -0.531. The second kappa shape index (κ2) is 7.49. The second-order valence-electron chi connectivity index (χ2n) is 6.02. The molecule has 3 aromatic rings. The highest BCUT2D eigenvalue weighted by atomic mass is 19.1. The Morgan fingerprint density at radius 3 is 2.56 bits per heavy atom. The summed E-state index contributed by atoms with van der Waals surface area (Å²) in [6.45, 7) is 0.198. The van der Waals surface area contributed by atoms with E-state index < -0.39 is 17.2 Å². The lowest BCUT2D eigenvalue weighted by molar-refractivity contribution is 0.0949. The minimum Gasteiger partial charge on any atom is -0.493 e. The number of nitrogens with zero attached hydrogens (tertiary/aromatic N) is 1. The predicted octanol–water partition coefficient (Wildman–Crippen LogP) is 2.62. The maximum atomic E-state index is 13.5. The summed E-state index contributed by atoms with van der Waals surface area (Å²) >= 11 is 0. The SMILES string of the molecule is COc1ccc(CNC(=O)c2cn(C)c3ccc(F)cc3c2=O)cc1OC. The molecule has 0 saturated carbocycles. The van der Waals surface area contributed by atoms with Gasteiger partial charge >= 0.3 is 0 Å². The van der Waals surface area contributed by atoms with Crippen LogP contribution in [0.25, 0.3) is 10.9 Å². The number of carbonyl (C=O) groups is 1. The zero-order valence-corrected chi connectivity index (χ0v) is 15.2. The Morgan fingerprint density at radius 2 is 1.85 bits per heavy atom. The molecule has 0 unspecified atom stereocenters. The number of halogens is 1. The zero-order chi connectivity index (χ0) is 19.6. The van der Waals surface area contributed by atoms with Crippen LogP contribution in [0.3, 0.4) is 0 Å². The van der Waals surface area contributed by atoms with E-state index >= 15 is 0 Å². The Balaban J connectivity index is 1.87. The summed E-state index contributed by atoms with van der Waals surface area (Å²) in [6.07, 6.45) is 1.45. The number of ether oxygens (including phenoxy) is 2. The van der Waals surface area contributed by atoms with Crippen LogP contribution in [0.1, 0.15) is 15.9 Å². The predicted molar refractivity (Wildman–Crippen MR) is 99.9 cm³/mol. The molecular formula is C20H19FN2O4. The van der Waals surface area contributed by atoms with Gasteiger partial charge in [0.2, 0.25) is 5.43 Å². The Labute approximate surface area is 155 Å². The summed E-state index contributed by atoms with van der Waals surface area (Å²) in [6, 6.07) is 9.19. The fraction of sp³-hybridized carbons (Fsp3) is 0.200. The van der Waals surface area contributed by atoms with Gasteiger partial charge in [0.1, 0.15) is 11.4 Å². The molecule has 0 aliphatic rings. The molecule has 0 bridgehead atoms. The first-order valence-corrected chi connectivity index (χ1v) is 8.22. The molecule has 1 heterocycles. The molecule has 27 heavy (non-hydrogen) atoms. The van der Waals surface area contributed by atoms with Crippen LogP contribution in [0.15, 0.2) is 47.4 Å². The highest BCUT2D eigenvalue weighted by Crippen LogP contribution is 2.27. The molecule has 1 N–H and O–H groups in total. The van der Waals surface area contributed by atoms with Crippen molar-refractivity contribution >= 4 is 16.8 Å². The summed E-state index contributed by atoms with van der Waals surface area (Å²) in [5.41, 5.74) is 0.783. The summed E-state index contributed by atoms with van der Waals surface area (Å²) < 4.78 is 25.6. The van der Waals surface area contributed by atoms with Gasteiger partial charge in [-0.15, -0.1) is 0 Å². The molecule has 7 heteroatoms. The molecule has 6 nitrogen and oxygen atoms in total. The number of aromatic nitrogens is 1. The monoisotopic (exact) mass is 370 g/mol. The summed E-state index contributed by atoms with van der Waals surface area (Å²) in [4.78, 5) is 25.1. The third-order valence-corrected chi connectivity index (χ3v) is 4.30. The molecule has 140 valence electrons. The molecule has 0 aliphatic carbocycles. The van der Waals surface area contributed by atoms with E-state index in [2.05, 4.69) is 5.32 Å². The molecule has 0 atom stereocenters. The van der Waals surface area contributed by atoms with Crippen molar-refractivity contribution in [1.29, 1.82) is 0 Å². The van der Waals surface area contributed by atoms with E-state index in [9.17, 15) is 14.0 Å². The number of fused-ring (bicyclic) bond motifs is 1. The van der Waals surface area contributed by atoms with Gasteiger partial charge in [-0.05, 0) is 35.9 Å². The van der Waals surface area contributed by atoms with Crippen molar-refractivity contribution in [2.45, 2.75) is 6.54 Å². The van der Waals surface area contributed by atoms with E-state index in [0.717, 1.165) is 11.6 Å². The Bertz CT molecular complexity index is 1080. The van der Waals surface area contributed by atoms with Crippen LogP contribution in [0.2, 0.25) is 0 Å². The number of amides is 1. The van der Waals surface area contributed by atoms with E-state index in [1.165, 1.54) is 32.5 Å². The van der Waals surface area contributed by atoms with Crippen molar-refractivity contribution in [3.8, 4) is 11.5 Å². The van der Waals surface area contributed by atoms with Gasteiger partial charge < -0.3 is 19.4 Å². The molecular weight excluding hydrogens is 351 g/mol. The smallest absolute Gasteiger partial charge is 0.257 e. The number of hydrogen-bond donors (Lipinski definition) is 1. The zero-order valence-electron chi connectivity index (χ0n) is 15.2. The van der Waals surface area contributed by atoms with Gasteiger partial charge in [-0.25, -0.2) is 4.39 Å². The van der Waals surface area contributed by atoms with Crippen LogP contribution in [0.5, 0.6) is 11.5 Å². The lowest BCUT2D eigenvalue weighted by atomic mass is 10.1. The molecule has 0 fully saturated rings. The number of methoxy groups -OCH3 is 2. The Morgan fingerprint density at radius 1 is 1.11 bits per heavy atom. The maximum Gasteiger partial charge on any atom is 0.257 e. The summed E-state index contributed by atoms with van der Waals surface area (Å²) in [5.74, 6) is 0.0679. The van der Waals surface area contributed by atoms with Crippen molar-refractivity contribution in [2.75, 3.05) is 14.2 Å². The number of rotatable bonds is 5. The van der Waals surface area contributed by atoms with Crippen LogP contribution in [-0.4, -0.2) is 24.7 Å². The van der Waals surface area contributed by atoms with Gasteiger partial charge in [0, 0.05) is 25.2 Å². The lowest BCUT2D eigenvalue weighted by Crippen LogP contribution is -2.29. The number of pyridine rings is 1. The fourth-order valence-corrected chi connectivity index (χ4v) is 2.89. The largest absolute Gasteiger partial charge is 0.493 e. The first kappa shape index (κ1) is 18.4. The van der Waals surface area contributed by atoms with Gasteiger partial charge in [-0.1, -0.05) is 6.07 Å². The van der Waals surface area contributed by atoms with E-state index in [4.69, 9.17) is 9.47 Å². The van der Waals surface area contributed by atoms with Crippen LogP contribution in [-0.2, 0) is 13.6 Å². The van der Waals surface area contributed by atoms with Gasteiger partial charge in [0.15, 0.2) is 11.5 Å². The van der Waals surface area contributed by atoms with Crippen LogP contribution < -0.4 is 20.2 Å². The molecule has 0 radical (unpaired) electrons. The Kier molecular flexibility index (Phi) is 5.12. The first-order valence-electron chi connectivity index (χ1n) is 8.22. The maximum absolute atomic E-state index is 13.5. The van der Waals surface area contributed by atoms with Crippen molar-refractivity contribution < 1.29 is 18.7 Å². The average molecular weight is 370 g/mol. The fourth-order valence-electron chi connectivity index (χ4n) is 2.89. The minimum absolute atomic E-state index is 0.0453. The summed E-state index contributed by atoms with van der Waals surface area (Å²) in [7, 11) is 4.76. The van der Waals surface area contributed by atoms with Crippen molar-refractivity contribution in [2.24, 2.45) is 7.05 Å². The molecule has 0 spiro atoms. The molecule has 2 aromatic carbocycles. The van der Waals surface area contributed by atoms with Gasteiger partial charge in [-0.2, -0.15) is 0 Å². The highest BCUT2D eigenvalue weighted by Gasteiger charge is 2.15. The van der Waals surface area contributed by atoms with Crippen molar-refractivity contribution in [3.05, 3.63) is 69.8 Å². The van der Waals surface area contributed by atoms with Gasteiger partial charge in [0.05, 0.1) is 19.7 Å². The van der Waals surface area contributed by atoms with Crippen molar-refractivity contribution in [3.63, 3.8) is 0 Å². The number of hydrogen-bond acceptors (Lipinski definition) is 4. The number of benzene rings is 2. The van der Waals surface area contributed by atoms with Crippen LogP contribution in [0.4, 0.5) is 4.39 Å². The van der Waals surface area contributed by atoms with E-state index in [-0.39, 0.29) is 17.5 Å². The number of carbonyl (C=O) groups excluding carboxylic acids is 1. The molecule has 3 rings (SSSR count). The first-order chi connectivity index (χ1) is 12.9. The number of nitrogens with one attached hydrogen (secondary N) is 1. The van der Waals surface area contributed by atoms with Crippen molar-refractivity contribution in [1.82, 2.24) is 9.88 Å². The Hall–Kier alpha value is -3.35. The molecule has 1 amide bonds. The quantitative estimate of drug-likeness (QED) is 0.750.